The summed E-state index contributed by atoms with van der Waals surface area (Å²) in [5.41, 5.74) is 7.44. The number of hydrogen-bond acceptors (Lipinski definition) is 4. The molecule has 2 N–H and O–H groups in total. The van der Waals surface area contributed by atoms with E-state index in [1.54, 1.807) is 7.11 Å². The van der Waals surface area contributed by atoms with E-state index in [4.69, 9.17) is 19.9 Å². The number of hydrogen-bond donors (Lipinski definition) is 1. The average molecular weight is 277 g/mol. The summed E-state index contributed by atoms with van der Waals surface area (Å²) in [6, 6.07) is 6.25. The number of para-hydroxylation sites is 1. The number of nitrogens with two attached hydrogens (primary N) is 1. The highest BCUT2D eigenvalue weighted by molar-refractivity contribution is 5.53. The SMILES string of the molecule is COc1c(OC2CCOC2)cccc1C1(C(C)N)CC1. The third-order valence-electron chi connectivity index (χ3n) is 4.56. The molecule has 110 valence electrons. The molecule has 0 amide bonds. The summed E-state index contributed by atoms with van der Waals surface area (Å²) < 4.78 is 17.1. The molecule has 0 spiro atoms. The van der Waals surface area contributed by atoms with Gasteiger partial charge in [-0.1, -0.05) is 12.1 Å². The van der Waals surface area contributed by atoms with Crippen LogP contribution >= 0.6 is 0 Å². The molecule has 1 saturated heterocycles. The summed E-state index contributed by atoms with van der Waals surface area (Å²) >= 11 is 0. The Kier molecular flexibility index (Phi) is 3.61. The number of benzene rings is 1. The van der Waals surface area contributed by atoms with Crippen LogP contribution in [0.15, 0.2) is 18.2 Å². The zero-order valence-electron chi connectivity index (χ0n) is 12.2. The molecule has 20 heavy (non-hydrogen) atoms. The highest BCUT2D eigenvalue weighted by Gasteiger charge is 2.49. The maximum absolute atomic E-state index is 6.19. The van der Waals surface area contributed by atoms with Gasteiger partial charge in [0.15, 0.2) is 11.5 Å². The molecular formula is C16H23NO3. The maximum atomic E-state index is 6.19. The summed E-state index contributed by atoms with van der Waals surface area (Å²) in [6.45, 7) is 3.51. The van der Waals surface area contributed by atoms with Crippen molar-refractivity contribution in [2.75, 3.05) is 20.3 Å². The third-order valence-corrected chi connectivity index (χ3v) is 4.56. The van der Waals surface area contributed by atoms with E-state index in [2.05, 4.69) is 13.0 Å². The van der Waals surface area contributed by atoms with E-state index in [0.29, 0.717) is 6.61 Å². The van der Waals surface area contributed by atoms with E-state index in [1.165, 1.54) is 5.56 Å². The highest BCUT2D eigenvalue weighted by atomic mass is 16.6. The van der Waals surface area contributed by atoms with Crippen molar-refractivity contribution in [2.24, 2.45) is 5.73 Å². The van der Waals surface area contributed by atoms with Gasteiger partial charge in [0.1, 0.15) is 6.10 Å². The molecule has 1 aliphatic heterocycles. The largest absolute Gasteiger partial charge is 0.493 e. The molecule has 3 rings (SSSR count). The van der Waals surface area contributed by atoms with Gasteiger partial charge in [0.25, 0.3) is 0 Å². The Hall–Kier alpha value is -1.26. The van der Waals surface area contributed by atoms with Crippen LogP contribution in [0, 0.1) is 0 Å². The Labute approximate surface area is 120 Å². The second kappa shape index (κ2) is 5.26. The predicted octanol–water partition coefficient (Wildman–Crippen LogP) is 2.24. The predicted molar refractivity (Wildman–Crippen MR) is 77.4 cm³/mol. The molecule has 2 unspecified atom stereocenters. The minimum absolute atomic E-state index is 0.0664. The lowest BCUT2D eigenvalue weighted by atomic mass is 9.88. The molecule has 1 heterocycles. The minimum atomic E-state index is 0.0664. The smallest absolute Gasteiger partial charge is 0.164 e. The molecule has 1 saturated carbocycles. The van der Waals surface area contributed by atoms with Gasteiger partial charge >= 0.3 is 0 Å². The Morgan fingerprint density at radius 3 is 2.75 bits per heavy atom. The second-order valence-corrected chi connectivity index (χ2v) is 5.89. The van der Waals surface area contributed by atoms with E-state index in [1.807, 2.05) is 12.1 Å². The maximum Gasteiger partial charge on any atom is 0.164 e. The van der Waals surface area contributed by atoms with Gasteiger partial charge in [-0.3, -0.25) is 0 Å². The molecule has 2 aliphatic rings. The molecule has 1 aliphatic carbocycles. The van der Waals surface area contributed by atoms with Gasteiger partial charge in [-0.25, -0.2) is 0 Å². The minimum Gasteiger partial charge on any atom is -0.493 e. The number of ether oxygens (including phenoxy) is 3. The lowest BCUT2D eigenvalue weighted by molar-refractivity contribution is 0.138. The van der Waals surface area contributed by atoms with Crippen molar-refractivity contribution < 1.29 is 14.2 Å². The molecule has 4 heteroatoms. The summed E-state index contributed by atoms with van der Waals surface area (Å²) in [7, 11) is 1.70. The Bertz CT molecular complexity index is 477. The standard InChI is InChI=1S/C16H23NO3/c1-11(17)16(7-8-16)13-4-3-5-14(15(13)18-2)20-12-6-9-19-10-12/h3-5,11-12H,6-10,17H2,1-2H3. The van der Waals surface area contributed by atoms with Gasteiger partial charge in [-0.2, -0.15) is 0 Å². The van der Waals surface area contributed by atoms with E-state index >= 15 is 0 Å². The summed E-state index contributed by atoms with van der Waals surface area (Å²) in [5.74, 6) is 1.65. The molecule has 4 nitrogen and oxygen atoms in total. The van der Waals surface area contributed by atoms with Gasteiger partial charge < -0.3 is 19.9 Å². The molecular weight excluding hydrogens is 254 g/mol. The van der Waals surface area contributed by atoms with Crippen LogP contribution in [0.25, 0.3) is 0 Å². The fourth-order valence-electron chi connectivity index (χ4n) is 3.10. The monoisotopic (exact) mass is 277 g/mol. The summed E-state index contributed by atoms with van der Waals surface area (Å²) in [5, 5.41) is 0. The zero-order chi connectivity index (χ0) is 14.2. The van der Waals surface area contributed by atoms with Crippen molar-refractivity contribution >= 4 is 0 Å². The zero-order valence-corrected chi connectivity index (χ0v) is 12.2. The van der Waals surface area contributed by atoms with Gasteiger partial charge in [-0.05, 0) is 25.8 Å². The number of methoxy groups -OCH3 is 1. The van der Waals surface area contributed by atoms with Crippen molar-refractivity contribution in [1.29, 1.82) is 0 Å². The first-order valence-electron chi connectivity index (χ1n) is 7.35. The van der Waals surface area contributed by atoms with Crippen LogP contribution in [0.4, 0.5) is 0 Å². The van der Waals surface area contributed by atoms with Crippen LogP contribution in [-0.2, 0) is 10.2 Å². The average Bonchev–Trinajstić information content (AvgIpc) is 3.11. The third kappa shape index (κ3) is 2.27. The van der Waals surface area contributed by atoms with Crippen molar-refractivity contribution in [3.05, 3.63) is 23.8 Å². The Morgan fingerprint density at radius 1 is 1.40 bits per heavy atom. The number of rotatable bonds is 5. The molecule has 0 aromatic heterocycles. The van der Waals surface area contributed by atoms with Gasteiger partial charge in [0.2, 0.25) is 0 Å². The van der Waals surface area contributed by atoms with Crippen molar-refractivity contribution in [1.82, 2.24) is 0 Å². The van der Waals surface area contributed by atoms with Crippen LogP contribution < -0.4 is 15.2 Å². The first-order chi connectivity index (χ1) is 9.67. The van der Waals surface area contributed by atoms with Crippen molar-refractivity contribution in [3.63, 3.8) is 0 Å². The van der Waals surface area contributed by atoms with Gasteiger partial charge in [0.05, 0.1) is 20.3 Å². The van der Waals surface area contributed by atoms with Crippen LogP contribution in [-0.4, -0.2) is 32.5 Å². The molecule has 1 aromatic carbocycles. The van der Waals surface area contributed by atoms with Crippen LogP contribution in [0.2, 0.25) is 0 Å². The Balaban J connectivity index is 1.91. The molecule has 0 radical (unpaired) electrons. The quantitative estimate of drug-likeness (QED) is 0.897. The van der Waals surface area contributed by atoms with Crippen molar-refractivity contribution in [2.45, 2.75) is 43.7 Å². The van der Waals surface area contributed by atoms with E-state index in [-0.39, 0.29) is 17.6 Å². The van der Waals surface area contributed by atoms with Crippen LogP contribution in [0.3, 0.4) is 0 Å². The Morgan fingerprint density at radius 2 is 2.20 bits per heavy atom. The first kappa shape index (κ1) is 13.7. The van der Waals surface area contributed by atoms with Crippen LogP contribution in [0.1, 0.15) is 31.7 Å². The van der Waals surface area contributed by atoms with Gasteiger partial charge in [-0.15, -0.1) is 0 Å². The van der Waals surface area contributed by atoms with Crippen molar-refractivity contribution in [3.8, 4) is 11.5 Å². The summed E-state index contributed by atoms with van der Waals surface area (Å²) in [6.07, 6.45) is 3.31. The highest BCUT2D eigenvalue weighted by Crippen LogP contribution is 2.54. The van der Waals surface area contributed by atoms with E-state index in [9.17, 15) is 0 Å². The lowest BCUT2D eigenvalue weighted by Crippen LogP contribution is -2.32. The second-order valence-electron chi connectivity index (χ2n) is 5.89. The van der Waals surface area contributed by atoms with Gasteiger partial charge in [0, 0.05) is 23.4 Å². The van der Waals surface area contributed by atoms with Crippen LogP contribution in [0.5, 0.6) is 11.5 Å². The normalized spacial score (nSPS) is 25.2. The molecule has 1 aromatic rings. The summed E-state index contributed by atoms with van der Waals surface area (Å²) in [4.78, 5) is 0. The topological polar surface area (TPSA) is 53.7 Å². The molecule has 2 fully saturated rings. The molecule has 0 bridgehead atoms. The lowest BCUT2D eigenvalue weighted by Gasteiger charge is -2.24. The van der Waals surface area contributed by atoms with E-state index in [0.717, 1.165) is 37.4 Å². The fraction of sp³-hybridized carbons (Fsp3) is 0.625. The van der Waals surface area contributed by atoms with E-state index < -0.39 is 0 Å². The molecule has 2 atom stereocenters. The first-order valence-corrected chi connectivity index (χ1v) is 7.35. The fourth-order valence-corrected chi connectivity index (χ4v) is 3.10.